The molecular weight excluding hydrogens is 432 g/mol. The highest BCUT2D eigenvalue weighted by molar-refractivity contribution is 5.88. The molecule has 0 aromatic rings. The molecule has 34 heavy (non-hydrogen) atoms. The zero-order chi connectivity index (χ0) is 25.8. The second kappa shape index (κ2) is 20.4. The molecule has 0 rings (SSSR count). The van der Waals surface area contributed by atoms with Crippen molar-refractivity contribution in [1.29, 1.82) is 0 Å². The monoisotopic (exact) mass is 482 g/mol. The molecule has 0 aliphatic heterocycles. The molecule has 0 aromatic carbocycles. The third-order valence-corrected chi connectivity index (χ3v) is 6.08. The molecule has 8 heteroatoms. The van der Waals surface area contributed by atoms with Gasteiger partial charge in [-0.3, -0.25) is 19.2 Å². The zero-order valence-corrected chi connectivity index (χ0v) is 22.3. The maximum atomic E-state index is 12.7. The number of hydrogen-bond acceptors (Lipinski definition) is 5. The molecule has 0 fully saturated rings. The number of carbonyl (C=O) groups is 4. The van der Waals surface area contributed by atoms with Crippen LogP contribution < -0.4 is 21.3 Å². The van der Waals surface area contributed by atoms with Crippen molar-refractivity contribution in [2.75, 3.05) is 26.7 Å². The van der Waals surface area contributed by atoms with Crippen LogP contribution in [0.15, 0.2) is 0 Å². The van der Waals surface area contributed by atoms with E-state index in [4.69, 9.17) is 0 Å². The van der Waals surface area contributed by atoms with Crippen LogP contribution in [0.25, 0.3) is 0 Å². The molecule has 198 valence electrons. The Morgan fingerprint density at radius 2 is 1.24 bits per heavy atom. The topological polar surface area (TPSA) is 116 Å². The van der Waals surface area contributed by atoms with Crippen LogP contribution in [-0.4, -0.2) is 56.2 Å². The van der Waals surface area contributed by atoms with Crippen LogP contribution in [0.1, 0.15) is 98.3 Å². The van der Waals surface area contributed by atoms with E-state index < -0.39 is 6.04 Å². The molecule has 3 amide bonds. The first-order valence-corrected chi connectivity index (χ1v) is 13.2. The normalized spacial score (nSPS) is 13.6. The molecule has 0 saturated carbocycles. The number of nitrogens with one attached hydrogen (secondary N) is 4. The van der Waals surface area contributed by atoms with E-state index >= 15 is 0 Å². The Labute approximate surface area is 207 Å². The van der Waals surface area contributed by atoms with E-state index in [2.05, 4.69) is 28.2 Å². The van der Waals surface area contributed by atoms with Gasteiger partial charge in [-0.15, -0.1) is 0 Å². The summed E-state index contributed by atoms with van der Waals surface area (Å²) in [5.41, 5.74) is 0. The van der Waals surface area contributed by atoms with Crippen LogP contribution in [0.5, 0.6) is 0 Å². The Balaban J connectivity index is 4.56. The fourth-order valence-electron chi connectivity index (χ4n) is 3.64. The zero-order valence-electron chi connectivity index (χ0n) is 22.3. The molecule has 8 nitrogen and oxygen atoms in total. The number of amides is 3. The Morgan fingerprint density at radius 1 is 0.676 bits per heavy atom. The van der Waals surface area contributed by atoms with E-state index in [1.54, 1.807) is 0 Å². The number of hydrogen-bond donors (Lipinski definition) is 4. The van der Waals surface area contributed by atoms with Crippen molar-refractivity contribution in [1.82, 2.24) is 21.3 Å². The lowest BCUT2D eigenvalue weighted by Crippen LogP contribution is -2.48. The largest absolute Gasteiger partial charge is 0.356 e. The van der Waals surface area contributed by atoms with Gasteiger partial charge in [0.2, 0.25) is 17.7 Å². The SMILES string of the molecule is CCCCCC(C)C(=O)NCCCCC(NC(=O)C(C)CCCCNC)C(=O)NCCC(C)=O. The molecule has 0 aliphatic rings. The Morgan fingerprint density at radius 3 is 1.85 bits per heavy atom. The number of unbranched alkanes of at least 4 members (excludes halogenated alkanes) is 4. The maximum Gasteiger partial charge on any atom is 0.242 e. The lowest BCUT2D eigenvalue weighted by atomic mass is 10.0. The van der Waals surface area contributed by atoms with E-state index in [0.29, 0.717) is 19.4 Å². The summed E-state index contributed by atoms with van der Waals surface area (Å²) in [5, 5.41) is 11.7. The molecule has 0 radical (unpaired) electrons. The molecule has 0 bridgehead atoms. The van der Waals surface area contributed by atoms with E-state index in [9.17, 15) is 19.2 Å². The molecule has 0 aromatic heterocycles. The molecule has 3 unspecified atom stereocenters. The van der Waals surface area contributed by atoms with Crippen LogP contribution >= 0.6 is 0 Å². The average Bonchev–Trinajstić information content (AvgIpc) is 2.80. The van der Waals surface area contributed by atoms with Gasteiger partial charge in [-0.05, 0) is 59.0 Å². The van der Waals surface area contributed by atoms with Crippen molar-refractivity contribution >= 4 is 23.5 Å². The molecule has 0 saturated heterocycles. The summed E-state index contributed by atoms with van der Waals surface area (Å²) in [5.74, 6) is -0.445. The molecule has 0 aliphatic carbocycles. The number of ketones is 1. The Bertz CT molecular complexity index is 597. The second-order valence-corrected chi connectivity index (χ2v) is 9.49. The van der Waals surface area contributed by atoms with Crippen LogP contribution in [0, 0.1) is 11.8 Å². The molecule has 0 spiro atoms. The van der Waals surface area contributed by atoms with Gasteiger partial charge in [-0.25, -0.2) is 0 Å². The van der Waals surface area contributed by atoms with Crippen molar-refractivity contribution in [3.63, 3.8) is 0 Å². The lowest BCUT2D eigenvalue weighted by Gasteiger charge is -2.21. The molecular formula is C26H50N4O4. The van der Waals surface area contributed by atoms with Gasteiger partial charge in [0, 0.05) is 31.3 Å². The number of Topliss-reactive ketones (excluding diaryl/α,β-unsaturated/α-hetero) is 1. The average molecular weight is 483 g/mol. The third kappa shape index (κ3) is 16.6. The van der Waals surface area contributed by atoms with Crippen LogP contribution in [0.2, 0.25) is 0 Å². The summed E-state index contributed by atoms with van der Waals surface area (Å²) < 4.78 is 0. The molecule has 4 N–H and O–H groups in total. The van der Waals surface area contributed by atoms with Crippen LogP contribution in [0.4, 0.5) is 0 Å². The summed E-state index contributed by atoms with van der Waals surface area (Å²) in [6, 6.07) is -0.636. The first-order valence-electron chi connectivity index (χ1n) is 13.2. The maximum absolute atomic E-state index is 12.7. The highest BCUT2D eigenvalue weighted by atomic mass is 16.2. The molecule has 3 atom stereocenters. The first-order chi connectivity index (χ1) is 16.2. The predicted octanol–water partition coefficient (Wildman–Crippen LogP) is 3.10. The fraction of sp³-hybridized carbons (Fsp3) is 0.846. The minimum absolute atomic E-state index is 0.00995. The highest BCUT2D eigenvalue weighted by Gasteiger charge is 2.23. The summed E-state index contributed by atoms with van der Waals surface area (Å²) >= 11 is 0. The summed E-state index contributed by atoms with van der Waals surface area (Å²) in [7, 11) is 1.91. The van der Waals surface area contributed by atoms with Crippen molar-refractivity contribution < 1.29 is 19.2 Å². The van der Waals surface area contributed by atoms with Gasteiger partial charge >= 0.3 is 0 Å². The van der Waals surface area contributed by atoms with Gasteiger partial charge in [-0.1, -0.05) is 46.5 Å². The standard InChI is InChI=1S/C26H50N4O4/c1-6-7-8-13-20(2)24(32)28-18-12-10-15-23(26(34)29-19-16-22(4)31)30-25(33)21(3)14-9-11-17-27-5/h20-21,23,27H,6-19H2,1-5H3,(H,28,32)(H,29,34)(H,30,33). The lowest BCUT2D eigenvalue weighted by molar-refractivity contribution is -0.131. The van der Waals surface area contributed by atoms with Gasteiger partial charge in [-0.2, -0.15) is 0 Å². The van der Waals surface area contributed by atoms with Gasteiger partial charge in [0.15, 0.2) is 0 Å². The summed E-state index contributed by atoms with van der Waals surface area (Å²) in [6.07, 6.45) is 9.19. The minimum atomic E-state index is -0.636. The second-order valence-electron chi connectivity index (χ2n) is 9.49. The minimum Gasteiger partial charge on any atom is -0.356 e. The van der Waals surface area contributed by atoms with Crippen molar-refractivity contribution in [2.45, 2.75) is 104 Å². The quantitative estimate of drug-likeness (QED) is 0.188. The smallest absolute Gasteiger partial charge is 0.242 e. The molecule has 0 heterocycles. The first kappa shape index (κ1) is 32.0. The summed E-state index contributed by atoms with van der Waals surface area (Å²) in [4.78, 5) is 48.7. The van der Waals surface area contributed by atoms with Crippen molar-refractivity contribution in [2.24, 2.45) is 11.8 Å². The van der Waals surface area contributed by atoms with E-state index in [-0.39, 0.29) is 48.3 Å². The predicted molar refractivity (Wildman–Crippen MR) is 137 cm³/mol. The van der Waals surface area contributed by atoms with E-state index in [1.165, 1.54) is 6.92 Å². The van der Waals surface area contributed by atoms with E-state index in [0.717, 1.165) is 57.9 Å². The highest BCUT2D eigenvalue weighted by Crippen LogP contribution is 2.11. The number of carbonyl (C=O) groups excluding carboxylic acids is 4. The van der Waals surface area contributed by atoms with Gasteiger partial charge in [0.05, 0.1) is 0 Å². The van der Waals surface area contributed by atoms with Gasteiger partial charge in [0.1, 0.15) is 11.8 Å². The third-order valence-electron chi connectivity index (χ3n) is 6.08. The number of rotatable bonds is 21. The van der Waals surface area contributed by atoms with Gasteiger partial charge < -0.3 is 21.3 Å². The van der Waals surface area contributed by atoms with E-state index in [1.807, 2.05) is 20.9 Å². The Hall–Kier alpha value is -1.96. The Kier molecular flexibility index (Phi) is 19.2. The fourth-order valence-corrected chi connectivity index (χ4v) is 3.64. The van der Waals surface area contributed by atoms with Gasteiger partial charge in [0.25, 0.3) is 0 Å². The van der Waals surface area contributed by atoms with Crippen LogP contribution in [-0.2, 0) is 19.2 Å². The van der Waals surface area contributed by atoms with Crippen molar-refractivity contribution in [3.8, 4) is 0 Å². The summed E-state index contributed by atoms with van der Waals surface area (Å²) in [6.45, 7) is 9.23. The van der Waals surface area contributed by atoms with Crippen molar-refractivity contribution in [3.05, 3.63) is 0 Å². The van der Waals surface area contributed by atoms with Crippen LogP contribution in [0.3, 0.4) is 0 Å².